The lowest BCUT2D eigenvalue weighted by Crippen LogP contribution is -2.20. The van der Waals surface area contributed by atoms with Crippen molar-refractivity contribution in [2.24, 2.45) is 5.10 Å². The first kappa shape index (κ1) is 22.3. The van der Waals surface area contributed by atoms with Crippen LogP contribution in [-0.2, 0) is 9.59 Å². The van der Waals surface area contributed by atoms with Crippen LogP contribution in [0.2, 0.25) is 10.0 Å². The third-order valence-corrected chi connectivity index (χ3v) is 4.24. The lowest BCUT2D eigenvalue weighted by Gasteiger charge is -2.09. The molecule has 29 heavy (non-hydrogen) atoms. The molecule has 0 aliphatic heterocycles. The Hall–Kier alpha value is -2.97. The van der Waals surface area contributed by atoms with E-state index in [1.807, 2.05) is 0 Å². The third-order valence-electron chi connectivity index (χ3n) is 3.69. The van der Waals surface area contributed by atoms with E-state index in [0.29, 0.717) is 21.3 Å². The number of phenolic OH excluding ortho intramolecular Hbond substituents is 1. The first-order valence-corrected chi connectivity index (χ1v) is 9.11. The highest BCUT2D eigenvalue weighted by atomic mass is 35.5. The van der Waals surface area contributed by atoms with Gasteiger partial charge in [-0.05, 0) is 30.3 Å². The number of phenols is 1. The van der Waals surface area contributed by atoms with Gasteiger partial charge in [0.05, 0.1) is 31.1 Å². The first-order valence-electron chi connectivity index (χ1n) is 8.35. The molecule has 0 aromatic heterocycles. The van der Waals surface area contributed by atoms with Gasteiger partial charge in [-0.25, -0.2) is 5.43 Å². The Balaban J connectivity index is 1.86. The molecule has 0 aliphatic rings. The van der Waals surface area contributed by atoms with E-state index < -0.39 is 5.91 Å². The fourth-order valence-corrected chi connectivity index (χ4v) is 2.71. The lowest BCUT2D eigenvalue weighted by atomic mass is 10.2. The number of aromatic hydroxyl groups is 1. The van der Waals surface area contributed by atoms with Gasteiger partial charge in [-0.2, -0.15) is 5.10 Å². The van der Waals surface area contributed by atoms with Crippen molar-refractivity contribution in [2.75, 3.05) is 19.5 Å². The van der Waals surface area contributed by atoms with Crippen LogP contribution in [0.3, 0.4) is 0 Å². The van der Waals surface area contributed by atoms with E-state index in [4.69, 9.17) is 32.7 Å². The van der Waals surface area contributed by atoms with Gasteiger partial charge in [0.15, 0.2) is 11.5 Å². The van der Waals surface area contributed by atoms with Gasteiger partial charge >= 0.3 is 0 Å². The molecular weight excluding hydrogens is 421 g/mol. The van der Waals surface area contributed by atoms with Crippen LogP contribution in [0, 0.1) is 0 Å². The summed E-state index contributed by atoms with van der Waals surface area (Å²) in [4.78, 5) is 23.8. The molecule has 8 nitrogen and oxygen atoms in total. The lowest BCUT2D eigenvalue weighted by molar-refractivity contribution is -0.124. The summed E-state index contributed by atoms with van der Waals surface area (Å²) in [6, 6.07) is 7.73. The quantitative estimate of drug-likeness (QED) is 0.430. The van der Waals surface area contributed by atoms with Gasteiger partial charge in [-0.3, -0.25) is 9.59 Å². The van der Waals surface area contributed by atoms with Crippen LogP contribution < -0.4 is 20.2 Å². The molecule has 0 radical (unpaired) electrons. The number of benzene rings is 2. The molecule has 2 aromatic carbocycles. The smallest absolute Gasteiger partial charge is 0.240 e. The number of rotatable bonds is 8. The molecule has 0 bridgehead atoms. The van der Waals surface area contributed by atoms with Crippen LogP contribution in [0.15, 0.2) is 35.4 Å². The molecule has 0 aliphatic carbocycles. The molecule has 2 rings (SSSR count). The van der Waals surface area contributed by atoms with Crippen LogP contribution in [-0.4, -0.2) is 37.4 Å². The predicted octanol–water partition coefficient (Wildman–Crippen LogP) is 3.59. The second-order valence-corrected chi connectivity index (χ2v) is 6.58. The van der Waals surface area contributed by atoms with Crippen molar-refractivity contribution in [3.63, 3.8) is 0 Å². The fourth-order valence-electron chi connectivity index (χ4n) is 2.25. The van der Waals surface area contributed by atoms with Crippen molar-refractivity contribution < 1.29 is 24.2 Å². The van der Waals surface area contributed by atoms with Gasteiger partial charge in [0.1, 0.15) is 0 Å². The number of halogens is 2. The zero-order chi connectivity index (χ0) is 21.4. The Bertz CT molecular complexity index is 909. The minimum Gasteiger partial charge on any atom is -0.502 e. The van der Waals surface area contributed by atoms with E-state index in [1.54, 1.807) is 12.1 Å². The molecule has 0 spiro atoms. The number of anilines is 1. The Morgan fingerprint density at radius 3 is 2.28 bits per heavy atom. The molecule has 0 heterocycles. The second kappa shape index (κ2) is 10.5. The number of carbonyl (C=O) groups is 2. The Morgan fingerprint density at radius 2 is 1.69 bits per heavy atom. The minimum atomic E-state index is -0.448. The summed E-state index contributed by atoms with van der Waals surface area (Å²) < 4.78 is 10.1. The van der Waals surface area contributed by atoms with E-state index in [2.05, 4.69) is 15.8 Å². The molecule has 154 valence electrons. The van der Waals surface area contributed by atoms with Crippen LogP contribution in [0.25, 0.3) is 0 Å². The van der Waals surface area contributed by atoms with E-state index in [9.17, 15) is 14.7 Å². The average Bonchev–Trinajstić information content (AvgIpc) is 2.69. The Labute approximate surface area is 177 Å². The minimum absolute atomic E-state index is 0.0544. The summed E-state index contributed by atoms with van der Waals surface area (Å²) in [5, 5.41) is 17.1. The summed E-state index contributed by atoms with van der Waals surface area (Å²) in [7, 11) is 2.80. The van der Waals surface area contributed by atoms with Gasteiger partial charge < -0.3 is 19.9 Å². The maximum Gasteiger partial charge on any atom is 0.240 e. The van der Waals surface area contributed by atoms with Crippen molar-refractivity contribution in [1.82, 2.24) is 5.43 Å². The third kappa shape index (κ3) is 6.55. The van der Waals surface area contributed by atoms with E-state index >= 15 is 0 Å². The van der Waals surface area contributed by atoms with E-state index in [1.165, 1.54) is 38.6 Å². The Morgan fingerprint density at radius 1 is 1.07 bits per heavy atom. The number of ether oxygens (including phenoxy) is 2. The summed E-state index contributed by atoms with van der Waals surface area (Å²) >= 11 is 11.8. The molecule has 0 atom stereocenters. The number of hydrazone groups is 1. The number of carbonyl (C=O) groups excluding carboxylic acids is 2. The zero-order valence-electron chi connectivity index (χ0n) is 15.7. The van der Waals surface area contributed by atoms with E-state index in [-0.39, 0.29) is 36.0 Å². The molecule has 2 amide bonds. The summed E-state index contributed by atoms with van der Waals surface area (Å²) in [6.45, 7) is 0. The monoisotopic (exact) mass is 439 g/mol. The zero-order valence-corrected chi connectivity index (χ0v) is 17.2. The molecule has 0 fully saturated rings. The number of amides is 2. The van der Waals surface area contributed by atoms with Crippen LogP contribution in [0.4, 0.5) is 5.69 Å². The number of hydrogen-bond donors (Lipinski definition) is 3. The summed E-state index contributed by atoms with van der Waals surface area (Å²) in [5.74, 6) is -0.551. The summed E-state index contributed by atoms with van der Waals surface area (Å²) in [5.41, 5.74) is 3.27. The average molecular weight is 440 g/mol. The van der Waals surface area contributed by atoms with Crippen LogP contribution in [0.5, 0.6) is 17.2 Å². The maximum absolute atomic E-state index is 11.9. The highest BCUT2D eigenvalue weighted by Crippen LogP contribution is 2.36. The largest absolute Gasteiger partial charge is 0.502 e. The molecule has 3 N–H and O–H groups in total. The topological polar surface area (TPSA) is 109 Å². The molecular formula is C19H19Cl2N3O5. The van der Waals surface area contributed by atoms with Crippen molar-refractivity contribution in [3.8, 4) is 17.2 Å². The number of nitrogens with one attached hydrogen (secondary N) is 2. The molecule has 0 unspecified atom stereocenters. The number of nitrogens with zero attached hydrogens (tertiary/aromatic N) is 1. The summed E-state index contributed by atoms with van der Waals surface area (Å²) in [6.07, 6.45) is 1.23. The Kier molecular flexibility index (Phi) is 8.11. The van der Waals surface area contributed by atoms with Crippen molar-refractivity contribution in [3.05, 3.63) is 45.9 Å². The normalized spacial score (nSPS) is 10.6. The van der Waals surface area contributed by atoms with Gasteiger partial charge in [-0.15, -0.1) is 0 Å². The molecule has 10 heteroatoms. The van der Waals surface area contributed by atoms with Gasteiger partial charge in [0.25, 0.3) is 0 Å². The van der Waals surface area contributed by atoms with Crippen molar-refractivity contribution in [1.29, 1.82) is 0 Å². The molecule has 0 saturated heterocycles. The highest BCUT2D eigenvalue weighted by Gasteiger charge is 2.11. The molecule has 0 saturated carbocycles. The predicted molar refractivity (Wildman–Crippen MR) is 111 cm³/mol. The standard InChI is InChI=1S/C19H19Cl2N3O5/c1-28-15-7-11(8-16(29-2)19(15)27)10-22-24-18(26)6-5-17(25)23-14-4-3-12(20)9-13(14)21/h3-4,7-10,27H,5-6H2,1-2H3,(H,23,25)(H,24,26)/b22-10+. The van der Waals surface area contributed by atoms with Gasteiger partial charge in [0, 0.05) is 23.4 Å². The maximum atomic E-state index is 11.9. The molecule has 2 aromatic rings. The fraction of sp³-hybridized carbons (Fsp3) is 0.211. The van der Waals surface area contributed by atoms with Gasteiger partial charge in [-0.1, -0.05) is 23.2 Å². The number of hydrogen-bond acceptors (Lipinski definition) is 6. The SMILES string of the molecule is COc1cc(/C=N/NC(=O)CCC(=O)Nc2ccc(Cl)cc2Cl)cc(OC)c1O. The van der Waals surface area contributed by atoms with E-state index in [0.717, 1.165) is 0 Å². The second-order valence-electron chi connectivity index (χ2n) is 5.74. The number of methoxy groups -OCH3 is 2. The highest BCUT2D eigenvalue weighted by molar-refractivity contribution is 6.36. The van der Waals surface area contributed by atoms with Crippen molar-refractivity contribution >= 4 is 46.9 Å². The first-order chi connectivity index (χ1) is 13.8. The van der Waals surface area contributed by atoms with Crippen LogP contribution in [0.1, 0.15) is 18.4 Å². The van der Waals surface area contributed by atoms with Gasteiger partial charge in [0.2, 0.25) is 17.6 Å². The van der Waals surface area contributed by atoms with Crippen molar-refractivity contribution in [2.45, 2.75) is 12.8 Å². The van der Waals surface area contributed by atoms with Crippen LogP contribution >= 0.6 is 23.2 Å².